The predicted molar refractivity (Wildman–Crippen MR) is 100 cm³/mol. The minimum absolute atomic E-state index is 0.0590. The second-order valence-corrected chi connectivity index (χ2v) is 7.30. The molecule has 1 aromatic carbocycles. The summed E-state index contributed by atoms with van der Waals surface area (Å²) in [6.07, 6.45) is 2.30. The van der Waals surface area contributed by atoms with E-state index in [1.165, 1.54) is 0 Å². The molecule has 0 bridgehead atoms. The van der Waals surface area contributed by atoms with Crippen molar-refractivity contribution in [2.24, 2.45) is 0 Å². The SMILES string of the molecule is COc1cc(OC)c(OC)cc1CNC(=O)Cc1sc(SC)nc1C. The molecule has 0 aliphatic heterocycles. The number of thiazole rings is 1. The van der Waals surface area contributed by atoms with Crippen LogP contribution in [0.4, 0.5) is 0 Å². The third-order valence-corrected chi connectivity index (χ3v) is 5.77. The average molecular weight is 383 g/mol. The summed E-state index contributed by atoms with van der Waals surface area (Å²) in [5.74, 6) is 1.75. The first-order valence-electron chi connectivity index (χ1n) is 7.58. The molecule has 2 aromatic rings. The lowest BCUT2D eigenvalue weighted by Crippen LogP contribution is -2.24. The highest BCUT2D eigenvalue weighted by Crippen LogP contribution is 2.34. The van der Waals surface area contributed by atoms with Gasteiger partial charge in [0.25, 0.3) is 0 Å². The molecule has 1 heterocycles. The van der Waals surface area contributed by atoms with E-state index in [-0.39, 0.29) is 5.91 Å². The highest BCUT2D eigenvalue weighted by atomic mass is 32.2. The van der Waals surface area contributed by atoms with E-state index in [1.807, 2.05) is 19.2 Å². The lowest BCUT2D eigenvalue weighted by atomic mass is 10.1. The lowest BCUT2D eigenvalue weighted by molar-refractivity contribution is -0.120. The Labute approximate surface area is 155 Å². The first kappa shape index (κ1) is 19.4. The van der Waals surface area contributed by atoms with Gasteiger partial charge >= 0.3 is 0 Å². The van der Waals surface area contributed by atoms with E-state index in [1.54, 1.807) is 50.5 Å². The average Bonchev–Trinajstić information content (AvgIpc) is 2.98. The van der Waals surface area contributed by atoms with Crippen LogP contribution < -0.4 is 19.5 Å². The van der Waals surface area contributed by atoms with Gasteiger partial charge in [0.2, 0.25) is 5.91 Å². The predicted octanol–water partition coefficient (Wildman–Crippen LogP) is 3.06. The van der Waals surface area contributed by atoms with Crippen molar-refractivity contribution >= 4 is 29.0 Å². The number of thioether (sulfide) groups is 1. The quantitative estimate of drug-likeness (QED) is 0.708. The van der Waals surface area contributed by atoms with Gasteiger partial charge in [0.1, 0.15) is 10.1 Å². The molecular formula is C17H22N2O4S2. The number of amides is 1. The summed E-state index contributed by atoms with van der Waals surface area (Å²) in [6, 6.07) is 3.56. The standard InChI is InChI=1S/C17H22N2O4S2/c1-10-15(25-17(19-10)24-5)8-16(20)18-9-11-6-13(22-3)14(23-4)7-12(11)21-2/h6-7H,8-9H2,1-5H3,(H,18,20). The smallest absolute Gasteiger partial charge is 0.225 e. The number of benzene rings is 1. The number of methoxy groups -OCH3 is 3. The molecule has 8 heteroatoms. The van der Waals surface area contributed by atoms with Crippen molar-refractivity contribution < 1.29 is 19.0 Å². The number of hydrogen-bond acceptors (Lipinski definition) is 7. The van der Waals surface area contributed by atoms with Gasteiger partial charge in [-0.05, 0) is 19.2 Å². The summed E-state index contributed by atoms with van der Waals surface area (Å²) in [4.78, 5) is 17.7. The molecule has 25 heavy (non-hydrogen) atoms. The van der Waals surface area contributed by atoms with Crippen molar-refractivity contribution in [1.82, 2.24) is 10.3 Å². The molecule has 0 aliphatic carbocycles. The highest BCUT2D eigenvalue weighted by molar-refractivity contribution is 8.00. The van der Waals surface area contributed by atoms with Crippen LogP contribution in [0.2, 0.25) is 0 Å². The number of nitrogens with one attached hydrogen (secondary N) is 1. The number of aromatic nitrogens is 1. The number of carbonyl (C=O) groups is 1. The minimum atomic E-state index is -0.0590. The fourth-order valence-corrected chi connectivity index (χ4v) is 3.94. The Kier molecular flexibility index (Phi) is 6.95. The van der Waals surface area contributed by atoms with Gasteiger partial charge in [-0.25, -0.2) is 4.98 Å². The Bertz CT molecular complexity index is 746. The van der Waals surface area contributed by atoms with Crippen molar-refractivity contribution in [3.8, 4) is 17.2 Å². The van der Waals surface area contributed by atoms with Gasteiger partial charge < -0.3 is 19.5 Å². The van der Waals surface area contributed by atoms with Crippen LogP contribution in [0.15, 0.2) is 16.5 Å². The zero-order chi connectivity index (χ0) is 18.4. The number of hydrogen-bond donors (Lipinski definition) is 1. The van der Waals surface area contributed by atoms with Gasteiger partial charge in [-0.15, -0.1) is 11.3 Å². The first-order valence-corrected chi connectivity index (χ1v) is 9.62. The molecule has 6 nitrogen and oxygen atoms in total. The van der Waals surface area contributed by atoms with Crippen molar-refractivity contribution in [2.45, 2.75) is 24.2 Å². The third-order valence-electron chi connectivity index (χ3n) is 3.63. The van der Waals surface area contributed by atoms with Crippen LogP contribution >= 0.6 is 23.1 Å². The Balaban J connectivity index is 2.06. The minimum Gasteiger partial charge on any atom is -0.496 e. The number of ether oxygens (including phenoxy) is 3. The Morgan fingerprint density at radius 3 is 2.36 bits per heavy atom. The van der Waals surface area contributed by atoms with E-state index < -0.39 is 0 Å². The third kappa shape index (κ3) is 4.79. The van der Waals surface area contributed by atoms with Crippen LogP contribution in [0, 0.1) is 6.92 Å². The molecule has 1 amide bonds. The van der Waals surface area contributed by atoms with Gasteiger partial charge in [-0.1, -0.05) is 11.8 Å². The summed E-state index contributed by atoms with van der Waals surface area (Å²) in [6.45, 7) is 2.27. The summed E-state index contributed by atoms with van der Waals surface area (Å²) >= 11 is 3.14. The van der Waals surface area contributed by atoms with Gasteiger partial charge in [0.15, 0.2) is 11.5 Å². The monoisotopic (exact) mass is 382 g/mol. The summed E-state index contributed by atoms with van der Waals surface area (Å²) in [5, 5.41) is 2.92. The van der Waals surface area contributed by atoms with Gasteiger partial charge in [-0.2, -0.15) is 0 Å². The second kappa shape index (κ2) is 8.96. The topological polar surface area (TPSA) is 69.7 Å². The van der Waals surface area contributed by atoms with E-state index in [0.717, 1.165) is 20.5 Å². The lowest BCUT2D eigenvalue weighted by Gasteiger charge is -2.14. The number of nitrogens with zero attached hydrogens (tertiary/aromatic N) is 1. The molecular weight excluding hydrogens is 360 g/mol. The fraction of sp³-hybridized carbons (Fsp3) is 0.412. The molecule has 0 fully saturated rings. The van der Waals surface area contributed by atoms with Crippen molar-refractivity contribution in [2.75, 3.05) is 27.6 Å². The van der Waals surface area contributed by atoms with Crippen molar-refractivity contribution in [1.29, 1.82) is 0 Å². The van der Waals surface area contributed by atoms with Crippen LogP contribution in [-0.4, -0.2) is 38.5 Å². The van der Waals surface area contributed by atoms with Crippen LogP contribution in [0.3, 0.4) is 0 Å². The van der Waals surface area contributed by atoms with E-state index in [0.29, 0.717) is 30.2 Å². The van der Waals surface area contributed by atoms with E-state index >= 15 is 0 Å². The maximum atomic E-state index is 12.3. The number of aryl methyl sites for hydroxylation is 1. The molecule has 2 rings (SSSR count). The Morgan fingerprint density at radius 2 is 1.80 bits per heavy atom. The largest absolute Gasteiger partial charge is 0.496 e. The maximum absolute atomic E-state index is 12.3. The Hall–Kier alpha value is -1.93. The highest BCUT2D eigenvalue weighted by Gasteiger charge is 2.14. The van der Waals surface area contributed by atoms with Gasteiger partial charge in [-0.3, -0.25) is 4.79 Å². The fourth-order valence-electron chi connectivity index (χ4n) is 2.29. The maximum Gasteiger partial charge on any atom is 0.225 e. The van der Waals surface area contributed by atoms with E-state index in [4.69, 9.17) is 14.2 Å². The van der Waals surface area contributed by atoms with E-state index in [9.17, 15) is 4.79 Å². The molecule has 0 saturated heterocycles. The molecule has 0 spiro atoms. The van der Waals surface area contributed by atoms with Gasteiger partial charge in [0, 0.05) is 23.1 Å². The Morgan fingerprint density at radius 1 is 1.16 bits per heavy atom. The summed E-state index contributed by atoms with van der Waals surface area (Å²) in [7, 11) is 4.72. The molecule has 0 unspecified atom stereocenters. The molecule has 0 aliphatic rings. The molecule has 1 N–H and O–H groups in total. The number of rotatable bonds is 8. The first-order chi connectivity index (χ1) is 12.0. The molecule has 0 saturated carbocycles. The molecule has 136 valence electrons. The van der Waals surface area contributed by atoms with Crippen LogP contribution in [0.1, 0.15) is 16.1 Å². The van der Waals surface area contributed by atoms with Gasteiger partial charge in [0.05, 0.1) is 33.4 Å². The molecule has 1 aromatic heterocycles. The normalized spacial score (nSPS) is 10.4. The number of carbonyl (C=O) groups excluding carboxylic acids is 1. The van der Waals surface area contributed by atoms with Crippen molar-refractivity contribution in [3.63, 3.8) is 0 Å². The van der Waals surface area contributed by atoms with E-state index in [2.05, 4.69) is 10.3 Å². The van der Waals surface area contributed by atoms with Crippen molar-refractivity contribution in [3.05, 3.63) is 28.3 Å². The zero-order valence-corrected chi connectivity index (χ0v) is 16.6. The molecule has 0 atom stereocenters. The summed E-state index contributed by atoms with van der Waals surface area (Å²) in [5.41, 5.74) is 1.73. The van der Waals surface area contributed by atoms with Crippen LogP contribution in [-0.2, 0) is 17.8 Å². The molecule has 0 radical (unpaired) electrons. The van der Waals surface area contributed by atoms with Crippen LogP contribution in [0.25, 0.3) is 0 Å². The second-order valence-electron chi connectivity index (χ2n) is 5.17. The summed E-state index contributed by atoms with van der Waals surface area (Å²) < 4.78 is 16.9. The van der Waals surface area contributed by atoms with Crippen LogP contribution in [0.5, 0.6) is 17.2 Å². The zero-order valence-electron chi connectivity index (χ0n) is 15.0.